The molecule has 0 radical (unpaired) electrons. The average Bonchev–Trinajstić information content (AvgIpc) is 2.74. The van der Waals surface area contributed by atoms with E-state index in [1.54, 1.807) is 11.1 Å². The molecule has 0 bridgehead atoms. The molecule has 0 amide bonds. The fourth-order valence-electron chi connectivity index (χ4n) is 4.50. The van der Waals surface area contributed by atoms with E-state index in [9.17, 15) is 0 Å². The molecule has 0 saturated heterocycles. The highest BCUT2D eigenvalue weighted by atomic mass is 16.5. The summed E-state index contributed by atoms with van der Waals surface area (Å²) in [6.45, 7) is 18.6. The SMILES string of the molecule is CCCCC=C(CC)C(OC(C(=CCCCC)CC)C(CC)CC)C(CC)CC. The fraction of sp³-hybridized carbons (Fsp3) is 0.857. The number of hydrogen-bond donors (Lipinski definition) is 0. The molecular weight excluding hydrogens is 352 g/mol. The molecule has 172 valence electrons. The van der Waals surface area contributed by atoms with Crippen molar-refractivity contribution in [2.75, 3.05) is 0 Å². The van der Waals surface area contributed by atoms with Crippen LogP contribution < -0.4 is 0 Å². The van der Waals surface area contributed by atoms with Crippen LogP contribution in [0.5, 0.6) is 0 Å². The lowest BCUT2D eigenvalue weighted by Gasteiger charge is -2.36. The molecule has 0 heterocycles. The van der Waals surface area contributed by atoms with E-state index in [-0.39, 0.29) is 12.2 Å². The molecule has 1 heteroatoms. The summed E-state index contributed by atoms with van der Waals surface area (Å²) in [5, 5.41) is 0. The number of unbranched alkanes of at least 4 members (excludes halogenated alkanes) is 4. The average molecular weight is 407 g/mol. The molecule has 1 nitrogen and oxygen atoms in total. The first-order valence-corrected chi connectivity index (χ1v) is 13.1. The Morgan fingerprint density at radius 1 is 0.586 bits per heavy atom. The molecule has 0 aliphatic heterocycles. The second kappa shape index (κ2) is 18.2. The van der Waals surface area contributed by atoms with E-state index < -0.39 is 0 Å². The summed E-state index contributed by atoms with van der Waals surface area (Å²) in [5.41, 5.74) is 3.10. The Balaban J connectivity index is 5.93. The molecule has 0 aliphatic carbocycles. The maximum Gasteiger partial charge on any atom is 0.0821 e. The molecule has 0 spiro atoms. The molecular formula is C28H54O. The van der Waals surface area contributed by atoms with Gasteiger partial charge in [0.15, 0.2) is 0 Å². The van der Waals surface area contributed by atoms with Crippen molar-refractivity contribution in [3.8, 4) is 0 Å². The number of ether oxygens (including phenoxy) is 1. The summed E-state index contributed by atoms with van der Waals surface area (Å²) in [6, 6.07) is 0. The van der Waals surface area contributed by atoms with E-state index in [1.807, 2.05) is 0 Å². The highest BCUT2D eigenvalue weighted by Gasteiger charge is 2.30. The van der Waals surface area contributed by atoms with Gasteiger partial charge in [-0.25, -0.2) is 0 Å². The van der Waals surface area contributed by atoms with Gasteiger partial charge in [-0.2, -0.15) is 0 Å². The van der Waals surface area contributed by atoms with Crippen molar-refractivity contribution in [2.45, 2.75) is 145 Å². The quantitative estimate of drug-likeness (QED) is 0.162. The second-order valence-corrected chi connectivity index (χ2v) is 8.68. The summed E-state index contributed by atoms with van der Waals surface area (Å²) in [7, 11) is 0. The molecule has 2 atom stereocenters. The van der Waals surface area contributed by atoms with Gasteiger partial charge in [-0.05, 0) is 48.7 Å². The fourth-order valence-corrected chi connectivity index (χ4v) is 4.50. The second-order valence-electron chi connectivity index (χ2n) is 8.68. The standard InChI is InChI=1S/C28H54O/c1-9-17-19-21-25(15-7)27(23(11-3)12-4)29-28(24(13-5)14-6)26(16-8)22-20-18-10-2/h21-24,27-28H,9-20H2,1-8H3. The maximum absolute atomic E-state index is 7.17. The predicted molar refractivity (Wildman–Crippen MR) is 133 cm³/mol. The lowest BCUT2D eigenvalue weighted by atomic mass is 9.85. The van der Waals surface area contributed by atoms with E-state index in [1.165, 1.54) is 64.2 Å². The van der Waals surface area contributed by atoms with Crippen LogP contribution in [-0.2, 0) is 4.74 Å². The van der Waals surface area contributed by atoms with Gasteiger partial charge in [0, 0.05) is 0 Å². The molecule has 0 fully saturated rings. The number of rotatable bonds is 18. The van der Waals surface area contributed by atoms with Crippen LogP contribution in [-0.4, -0.2) is 12.2 Å². The normalized spacial score (nSPS) is 15.4. The Bertz CT molecular complexity index is 386. The van der Waals surface area contributed by atoms with Crippen LogP contribution in [0.1, 0.15) is 132 Å². The Labute approximate surface area is 184 Å². The smallest absolute Gasteiger partial charge is 0.0821 e. The molecule has 0 aromatic rings. The van der Waals surface area contributed by atoms with Gasteiger partial charge in [0.2, 0.25) is 0 Å². The van der Waals surface area contributed by atoms with Crippen LogP contribution in [0, 0.1) is 11.8 Å². The first-order chi connectivity index (χ1) is 14.1. The zero-order valence-corrected chi connectivity index (χ0v) is 21.4. The Morgan fingerprint density at radius 2 is 0.931 bits per heavy atom. The Morgan fingerprint density at radius 3 is 1.17 bits per heavy atom. The number of hydrogen-bond acceptors (Lipinski definition) is 1. The largest absolute Gasteiger partial charge is 0.366 e. The molecule has 0 N–H and O–H groups in total. The van der Waals surface area contributed by atoms with Crippen molar-refractivity contribution in [3.63, 3.8) is 0 Å². The molecule has 0 aromatic heterocycles. The van der Waals surface area contributed by atoms with E-state index in [4.69, 9.17) is 4.74 Å². The monoisotopic (exact) mass is 406 g/mol. The minimum absolute atomic E-state index is 0.276. The summed E-state index contributed by atoms with van der Waals surface area (Å²) >= 11 is 0. The van der Waals surface area contributed by atoms with E-state index in [2.05, 4.69) is 67.5 Å². The molecule has 0 rings (SSSR count). The van der Waals surface area contributed by atoms with Crippen LogP contribution >= 0.6 is 0 Å². The lowest BCUT2D eigenvalue weighted by molar-refractivity contribution is -0.0380. The topological polar surface area (TPSA) is 9.23 Å². The summed E-state index contributed by atoms with van der Waals surface area (Å²) < 4.78 is 7.17. The van der Waals surface area contributed by atoms with Crippen molar-refractivity contribution in [1.82, 2.24) is 0 Å². The Hall–Kier alpha value is -0.560. The van der Waals surface area contributed by atoms with Crippen molar-refractivity contribution >= 4 is 0 Å². The van der Waals surface area contributed by atoms with Gasteiger partial charge < -0.3 is 4.74 Å². The van der Waals surface area contributed by atoms with E-state index in [0.717, 1.165) is 12.8 Å². The van der Waals surface area contributed by atoms with Gasteiger partial charge in [-0.3, -0.25) is 0 Å². The molecule has 0 aromatic carbocycles. The van der Waals surface area contributed by atoms with Crippen molar-refractivity contribution < 1.29 is 4.74 Å². The maximum atomic E-state index is 7.17. The first kappa shape index (κ1) is 28.4. The molecule has 29 heavy (non-hydrogen) atoms. The third kappa shape index (κ3) is 10.3. The minimum Gasteiger partial charge on any atom is -0.366 e. The van der Waals surface area contributed by atoms with Crippen LogP contribution in [0.3, 0.4) is 0 Å². The molecule has 2 unspecified atom stereocenters. The van der Waals surface area contributed by atoms with Gasteiger partial charge in [-0.1, -0.05) is 119 Å². The van der Waals surface area contributed by atoms with Gasteiger partial charge in [0.1, 0.15) is 0 Å². The van der Waals surface area contributed by atoms with Crippen molar-refractivity contribution in [1.29, 1.82) is 0 Å². The molecule has 0 saturated carbocycles. The van der Waals surface area contributed by atoms with Crippen molar-refractivity contribution in [2.24, 2.45) is 11.8 Å². The van der Waals surface area contributed by atoms with Crippen LogP contribution in [0.25, 0.3) is 0 Å². The highest BCUT2D eigenvalue weighted by molar-refractivity contribution is 5.14. The summed E-state index contributed by atoms with van der Waals surface area (Å²) in [5.74, 6) is 1.24. The third-order valence-electron chi connectivity index (χ3n) is 6.72. The Kier molecular flexibility index (Phi) is 17.9. The first-order valence-electron chi connectivity index (χ1n) is 13.1. The summed E-state index contributed by atoms with van der Waals surface area (Å²) in [4.78, 5) is 0. The lowest BCUT2D eigenvalue weighted by Crippen LogP contribution is -2.35. The van der Waals surface area contributed by atoms with Gasteiger partial charge in [0.05, 0.1) is 12.2 Å². The van der Waals surface area contributed by atoms with Crippen molar-refractivity contribution in [3.05, 3.63) is 23.3 Å². The van der Waals surface area contributed by atoms with Crippen LogP contribution in [0.15, 0.2) is 23.3 Å². The van der Waals surface area contributed by atoms with Gasteiger partial charge in [-0.15, -0.1) is 0 Å². The predicted octanol–water partition coefficient (Wildman–Crippen LogP) is 9.67. The van der Waals surface area contributed by atoms with Gasteiger partial charge >= 0.3 is 0 Å². The van der Waals surface area contributed by atoms with Crippen LogP contribution in [0.4, 0.5) is 0 Å². The zero-order valence-electron chi connectivity index (χ0n) is 21.4. The number of allylic oxidation sites excluding steroid dienone is 2. The minimum atomic E-state index is 0.276. The summed E-state index contributed by atoms with van der Waals surface area (Å²) in [6.07, 6.45) is 20.1. The third-order valence-corrected chi connectivity index (χ3v) is 6.72. The van der Waals surface area contributed by atoms with E-state index in [0.29, 0.717) is 11.8 Å². The van der Waals surface area contributed by atoms with E-state index >= 15 is 0 Å². The highest BCUT2D eigenvalue weighted by Crippen LogP contribution is 2.33. The van der Waals surface area contributed by atoms with Crippen LogP contribution in [0.2, 0.25) is 0 Å². The molecule has 0 aliphatic rings. The zero-order chi connectivity index (χ0) is 22.1. The van der Waals surface area contributed by atoms with Gasteiger partial charge in [0.25, 0.3) is 0 Å².